The number of aliphatic carboxylic acids is 1. The Bertz CT molecular complexity index is 491. The summed E-state index contributed by atoms with van der Waals surface area (Å²) in [5.41, 5.74) is 0.0416. The van der Waals surface area contributed by atoms with E-state index in [4.69, 9.17) is 9.84 Å². The third kappa shape index (κ3) is 4.26. The summed E-state index contributed by atoms with van der Waals surface area (Å²) in [6, 6.07) is 6.85. The van der Waals surface area contributed by atoms with Crippen LogP contribution >= 0.6 is 0 Å². The van der Waals surface area contributed by atoms with Crippen molar-refractivity contribution in [3.05, 3.63) is 29.8 Å². The van der Waals surface area contributed by atoms with Crippen LogP contribution in [0.15, 0.2) is 24.3 Å². The van der Waals surface area contributed by atoms with Gasteiger partial charge in [0.15, 0.2) is 0 Å². The second-order valence-electron chi connectivity index (χ2n) is 5.50. The van der Waals surface area contributed by atoms with Gasteiger partial charge in [-0.1, -0.05) is 6.07 Å². The van der Waals surface area contributed by atoms with Crippen LogP contribution in [0.25, 0.3) is 0 Å². The second kappa shape index (κ2) is 6.41. The first kappa shape index (κ1) is 16.0. The first-order valence-electron chi connectivity index (χ1n) is 6.43. The van der Waals surface area contributed by atoms with Crippen LogP contribution < -0.4 is 4.74 Å². The van der Waals surface area contributed by atoms with Crippen LogP contribution in [0.3, 0.4) is 0 Å². The number of nitrogens with zero attached hydrogens (tertiary/aromatic N) is 1. The van der Waals surface area contributed by atoms with Crippen molar-refractivity contribution >= 4 is 11.9 Å². The number of methoxy groups -OCH3 is 1. The fourth-order valence-electron chi connectivity index (χ4n) is 1.86. The minimum absolute atomic E-state index is 0.0764. The number of rotatable bonds is 5. The van der Waals surface area contributed by atoms with Crippen molar-refractivity contribution in [1.29, 1.82) is 0 Å². The predicted molar refractivity (Wildman–Crippen MR) is 76.0 cm³/mol. The highest BCUT2D eigenvalue weighted by molar-refractivity contribution is 5.95. The lowest BCUT2D eigenvalue weighted by Crippen LogP contribution is -2.46. The maximum atomic E-state index is 12.5. The molecule has 110 valence electrons. The molecular formula is C15H21NO4. The topological polar surface area (TPSA) is 66.8 Å². The van der Waals surface area contributed by atoms with Gasteiger partial charge in [-0.25, -0.2) is 0 Å². The van der Waals surface area contributed by atoms with Crippen LogP contribution in [0.4, 0.5) is 0 Å². The molecule has 0 unspecified atom stereocenters. The quantitative estimate of drug-likeness (QED) is 0.898. The van der Waals surface area contributed by atoms with Gasteiger partial charge in [0.25, 0.3) is 5.91 Å². The van der Waals surface area contributed by atoms with Gasteiger partial charge in [0.05, 0.1) is 13.5 Å². The zero-order valence-corrected chi connectivity index (χ0v) is 12.3. The van der Waals surface area contributed by atoms with Crippen molar-refractivity contribution in [2.75, 3.05) is 13.7 Å². The van der Waals surface area contributed by atoms with Crippen LogP contribution in [-0.2, 0) is 4.79 Å². The summed E-state index contributed by atoms with van der Waals surface area (Å²) in [5.74, 6) is -0.515. The van der Waals surface area contributed by atoms with E-state index in [-0.39, 0.29) is 18.9 Å². The zero-order chi connectivity index (χ0) is 15.3. The summed E-state index contributed by atoms with van der Waals surface area (Å²) in [4.78, 5) is 24.8. The Kier molecular flexibility index (Phi) is 5.13. The number of hydrogen-bond donors (Lipinski definition) is 1. The molecule has 0 fully saturated rings. The first-order valence-corrected chi connectivity index (χ1v) is 6.43. The van der Waals surface area contributed by atoms with E-state index in [0.717, 1.165) is 0 Å². The zero-order valence-electron chi connectivity index (χ0n) is 12.3. The van der Waals surface area contributed by atoms with E-state index in [1.54, 1.807) is 29.2 Å². The molecule has 0 aliphatic rings. The molecular weight excluding hydrogens is 258 g/mol. The van der Waals surface area contributed by atoms with Crippen molar-refractivity contribution in [3.63, 3.8) is 0 Å². The molecule has 0 saturated carbocycles. The van der Waals surface area contributed by atoms with Crippen LogP contribution in [0.1, 0.15) is 37.6 Å². The standard InChI is InChI=1S/C15H21NO4/c1-15(2,3)16(9-8-13(17)18)14(19)11-6-5-7-12(10-11)20-4/h5-7,10H,8-9H2,1-4H3,(H,17,18). The van der Waals surface area contributed by atoms with E-state index in [0.29, 0.717) is 11.3 Å². The Balaban J connectivity index is 3.00. The molecule has 0 aromatic heterocycles. The van der Waals surface area contributed by atoms with Gasteiger partial charge in [0, 0.05) is 17.6 Å². The summed E-state index contributed by atoms with van der Waals surface area (Å²) in [6.07, 6.45) is -0.0764. The molecule has 0 radical (unpaired) electrons. The largest absolute Gasteiger partial charge is 0.497 e. The Hall–Kier alpha value is -2.04. The van der Waals surface area contributed by atoms with Gasteiger partial charge in [-0.05, 0) is 39.0 Å². The molecule has 1 aromatic rings. The molecule has 0 saturated heterocycles. The molecule has 1 amide bonds. The first-order chi connectivity index (χ1) is 9.25. The molecule has 0 spiro atoms. The third-order valence-electron chi connectivity index (χ3n) is 2.92. The SMILES string of the molecule is COc1cccc(C(=O)N(CCC(=O)O)C(C)(C)C)c1. The molecule has 0 heterocycles. The Labute approximate surface area is 119 Å². The summed E-state index contributed by atoms with van der Waals surface area (Å²) >= 11 is 0. The number of carbonyl (C=O) groups is 2. The normalized spacial score (nSPS) is 11.0. The highest BCUT2D eigenvalue weighted by atomic mass is 16.5. The number of amides is 1. The lowest BCUT2D eigenvalue weighted by Gasteiger charge is -2.35. The Morgan fingerprint density at radius 2 is 1.95 bits per heavy atom. The van der Waals surface area contributed by atoms with Gasteiger partial charge in [-0.3, -0.25) is 9.59 Å². The van der Waals surface area contributed by atoms with E-state index in [1.165, 1.54) is 7.11 Å². The fourth-order valence-corrected chi connectivity index (χ4v) is 1.86. The number of carboxylic acid groups (broad SMARTS) is 1. The van der Waals surface area contributed by atoms with Crippen molar-refractivity contribution in [3.8, 4) is 5.75 Å². The smallest absolute Gasteiger partial charge is 0.305 e. The van der Waals surface area contributed by atoms with E-state index in [2.05, 4.69) is 0 Å². The maximum absolute atomic E-state index is 12.5. The van der Waals surface area contributed by atoms with Crippen molar-refractivity contribution in [1.82, 2.24) is 4.90 Å². The number of carboxylic acids is 1. The van der Waals surface area contributed by atoms with Gasteiger partial charge in [-0.15, -0.1) is 0 Å². The van der Waals surface area contributed by atoms with Crippen molar-refractivity contribution in [2.45, 2.75) is 32.7 Å². The average molecular weight is 279 g/mol. The summed E-state index contributed by atoms with van der Waals surface area (Å²) in [6.45, 7) is 5.82. The minimum Gasteiger partial charge on any atom is -0.497 e. The van der Waals surface area contributed by atoms with Gasteiger partial charge >= 0.3 is 5.97 Å². The Morgan fingerprint density at radius 3 is 2.45 bits per heavy atom. The fraction of sp³-hybridized carbons (Fsp3) is 0.467. The molecule has 0 aliphatic heterocycles. The van der Waals surface area contributed by atoms with E-state index in [1.807, 2.05) is 20.8 Å². The van der Waals surface area contributed by atoms with Crippen LogP contribution in [-0.4, -0.2) is 41.1 Å². The van der Waals surface area contributed by atoms with Gasteiger partial charge in [0.2, 0.25) is 0 Å². The van der Waals surface area contributed by atoms with Crippen LogP contribution in [0.2, 0.25) is 0 Å². The van der Waals surface area contributed by atoms with Gasteiger partial charge in [-0.2, -0.15) is 0 Å². The molecule has 1 aromatic carbocycles. The molecule has 0 aliphatic carbocycles. The number of benzene rings is 1. The molecule has 1 rings (SSSR count). The van der Waals surface area contributed by atoms with Gasteiger partial charge < -0.3 is 14.7 Å². The Morgan fingerprint density at radius 1 is 1.30 bits per heavy atom. The summed E-state index contributed by atoms with van der Waals surface area (Å²) in [7, 11) is 1.54. The van der Waals surface area contributed by atoms with Crippen molar-refractivity contribution < 1.29 is 19.4 Å². The van der Waals surface area contributed by atoms with Crippen LogP contribution in [0.5, 0.6) is 5.75 Å². The number of ether oxygens (including phenoxy) is 1. The number of carbonyl (C=O) groups excluding carboxylic acids is 1. The molecule has 5 heteroatoms. The summed E-state index contributed by atoms with van der Waals surface area (Å²) in [5, 5.41) is 8.80. The highest BCUT2D eigenvalue weighted by Crippen LogP contribution is 2.20. The maximum Gasteiger partial charge on any atom is 0.305 e. The molecule has 1 N–H and O–H groups in total. The lowest BCUT2D eigenvalue weighted by atomic mass is 10.0. The monoisotopic (exact) mass is 279 g/mol. The lowest BCUT2D eigenvalue weighted by molar-refractivity contribution is -0.137. The van der Waals surface area contributed by atoms with Crippen LogP contribution in [0, 0.1) is 0 Å². The third-order valence-corrected chi connectivity index (χ3v) is 2.92. The minimum atomic E-state index is -0.919. The molecule has 20 heavy (non-hydrogen) atoms. The second-order valence-corrected chi connectivity index (χ2v) is 5.50. The van der Waals surface area contributed by atoms with E-state index < -0.39 is 11.5 Å². The highest BCUT2D eigenvalue weighted by Gasteiger charge is 2.27. The van der Waals surface area contributed by atoms with E-state index in [9.17, 15) is 9.59 Å². The van der Waals surface area contributed by atoms with Gasteiger partial charge in [0.1, 0.15) is 5.75 Å². The average Bonchev–Trinajstić information content (AvgIpc) is 2.36. The van der Waals surface area contributed by atoms with Crippen molar-refractivity contribution in [2.24, 2.45) is 0 Å². The number of hydrogen-bond acceptors (Lipinski definition) is 3. The summed E-state index contributed by atoms with van der Waals surface area (Å²) < 4.78 is 5.10. The van der Waals surface area contributed by atoms with E-state index >= 15 is 0 Å². The molecule has 0 bridgehead atoms. The predicted octanol–water partition coefficient (Wildman–Crippen LogP) is 2.41. The molecule has 5 nitrogen and oxygen atoms in total. The molecule has 0 atom stereocenters.